The van der Waals surface area contributed by atoms with Crippen LogP contribution in [0.3, 0.4) is 0 Å². The number of para-hydroxylation sites is 1. The second kappa shape index (κ2) is 13.2. The molecule has 4 N–H and O–H groups in total. The van der Waals surface area contributed by atoms with Gasteiger partial charge in [-0.05, 0) is 43.9 Å². The Labute approximate surface area is 226 Å². The van der Waals surface area contributed by atoms with Crippen molar-refractivity contribution in [1.82, 2.24) is 25.2 Å². The van der Waals surface area contributed by atoms with Crippen molar-refractivity contribution in [2.24, 2.45) is 11.7 Å². The molecule has 2 fully saturated rings. The number of piperazine rings is 1. The number of rotatable bonds is 11. The number of likely N-dealkylation sites (N-methyl/N-ethyl adjacent to an activating group) is 1. The molecule has 2 aliphatic rings. The van der Waals surface area contributed by atoms with Crippen LogP contribution in [0.5, 0.6) is 0 Å². The number of aromatic nitrogens is 1. The molecule has 2 unspecified atom stereocenters. The van der Waals surface area contributed by atoms with Gasteiger partial charge in [-0.3, -0.25) is 19.4 Å². The van der Waals surface area contributed by atoms with Crippen LogP contribution >= 0.6 is 0 Å². The van der Waals surface area contributed by atoms with Gasteiger partial charge in [0.2, 0.25) is 17.7 Å². The van der Waals surface area contributed by atoms with Crippen LogP contribution in [0.25, 0.3) is 10.9 Å². The molecule has 1 aliphatic heterocycles. The number of carbonyl (C=O) groups excluding carboxylic acids is 3. The SMILES string of the molecule is CCCC(C(=O)NC(Cc1c[nH]c2ccccc12)C(N)=O)N(C(=O)CC1CCCCC1)N1CCN(C)CC1. The summed E-state index contributed by atoms with van der Waals surface area (Å²) in [4.78, 5) is 45.6. The van der Waals surface area contributed by atoms with Gasteiger partial charge in [-0.15, -0.1) is 0 Å². The van der Waals surface area contributed by atoms with Gasteiger partial charge in [0.05, 0.1) is 0 Å². The number of primary amides is 1. The largest absolute Gasteiger partial charge is 0.368 e. The minimum Gasteiger partial charge on any atom is -0.368 e. The molecule has 3 amide bonds. The molecule has 1 saturated carbocycles. The van der Waals surface area contributed by atoms with Crippen molar-refractivity contribution in [2.45, 2.75) is 76.8 Å². The second-order valence-electron chi connectivity index (χ2n) is 11.0. The Balaban J connectivity index is 1.54. The summed E-state index contributed by atoms with van der Waals surface area (Å²) in [6, 6.07) is 6.30. The van der Waals surface area contributed by atoms with Gasteiger partial charge in [0.25, 0.3) is 0 Å². The quantitative estimate of drug-likeness (QED) is 0.418. The minimum absolute atomic E-state index is 0.0160. The summed E-state index contributed by atoms with van der Waals surface area (Å²) >= 11 is 0. The molecular formula is C29H44N6O3. The van der Waals surface area contributed by atoms with Crippen LogP contribution in [-0.2, 0) is 20.8 Å². The number of H-pyrrole nitrogens is 1. The molecule has 4 rings (SSSR count). The van der Waals surface area contributed by atoms with Crippen molar-refractivity contribution in [3.05, 3.63) is 36.0 Å². The predicted octanol–water partition coefficient (Wildman–Crippen LogP) is 2.81. The number of nitrogens with one attached hydrogen (secondary N) is 2. The first-order chi connectivity index (χ1) is 18.4. The molecule has 0 radical (unpaired) electrons. The van der Waals surface area contributed by atoms with Crippen molar-refractivity contribution in [3.8, 4) is 0 Å². The molecule has 0 spiro atoms. The van der Waals surface area contributed by atoms with Crippen molar-refractivity contribution in [1.29, 1.82) is 0 Å². The third-order valence-corrected chi connectivity index (χ3v) is 8.15. The molecular weight excluding hydrogens is 480 g/mol. The fourth-order valence-electron chi connectivity index (χ4n) is 5.92. The van der Waals surface area contributed by atoms with E-state index in [1.54, 1.807) is 5.01 Å². The Morgan fingerprint density at radius 1 is 1.11 bits per heavy atom. The first-order valence-electron chi connectivity index (χ1n) is 14.3. The molecule has 2 atom stereocenters. The average Bonchev–Trinajstić information content (AvgIpc) is 3.32. The van der Waals surface area contributed by atoms with Gasteiger partial charge in [-0.1, -0.05) is 50.8 Å². The summed E-state index contributed by atoms with van der Waals surface area (Å²) in [6.07, 6.45) is 9.58. The Morgan fingerprint density at radius 3 is 2.50 bits per heavy atom. The van der Waals surface area contributed by atoms with Gasteiger partial charge in [0.15, 0.2) is 0 Å². The summed E-state index contributed by atoms with van der Waals surface area (Å²) < 4.78 is 0. The maximum Gasteiger partial charge on any atom is 0.245 e. The van der Waals surface area contributed by atoms with Gasteiger partial charge in [0.1, 0.15) is 12.1 Å². The smallest absolute Gasteiger partial charge is 0.245 e. The van der Waals surface area contributed by atoms with Crippen LogP contribution in [0, 0.1) is 5.92 Å². The molecule has 0 bridgehead atoms. The van der Waals surface area contributed by atoms with Crippen LogP contribution in [0.2, 0.25) is 0 Å². The lowest BCUT2D eigenvalue weighted by atomic mass is 9.86. The van der Waals surface area contributed by atoms with Crippen LogP contribution < -0.4 is 11.1 Å². The van der Waals surface area contributed by atoms with E-state index in [2.05, 4.69) is 27.3 Å². The molecule has 1 aliphatic carbocycles. The minimum atomic E-state index is -0.871. The van der Waals surface area contributed by atoms with Crippen LogP contribution in [0.4, 0.5) is 0 Å². The third-order valence-electron chi connectivity index (χ3n) is 8.15. The maximum atomic E-state index is 13.8. The van der Waals surface area contributed by atoms with Crippen LogP contribution in [-0.4, -0.2) is 82.9 Å². The van der Waals surface area contributed by atoms with Gasteiger partial charge in [-0.25, -0.2) is 5.01 Å². The monoisotopic (exact) mass is 524 g/mol. The van der Waals surface area contributed by atoms with E-state index >= 15 is 0 Å². The second-order valence-corrected chi connectivity index (χ2v) is 11.0. The topological polar surface area (TPSA) is 115 Å². The molecule has 208 valence electrons. The lowest BCUT2D eigenvalue weighted by molar-refractivity contribution is -0.167. The number of benzene rings is 1. The first-order valence-corrected chi connectivity index (χ1v) is 14.3. The summed E-state index contributed by atoms with van der Waals surface area (Å²) in [7, 11) is 2.07. The van der Waals surface area contributed by atoms with Crippen molar-refractivity contribution >= 4 is 28.6 Å². The number of fused-ring (bicyclic) bond motifs is 1. The molecule has 1 aromatic heterocycles. The number of carbonyl (C=O) groups is 3. The first kappa shape index (κ1) is 28.1. The van der Waals surface area contributed by atoms with Crippen molar-refractivity contribution in [2.75, 3.05) is 33.2 Å². The summed E-state index contributed by atoms with van der Waals surface area (Å²) in [5.41, 5.74) is 7.66. The van der Waals surface area contributed by atoms with E-state index in [4.69, 9.17) is 5.73 Å². The zero-order valence-electron chi connectivity index (χ0n) is 23.0. The van der Waals surface area contributed by atoms with E-state index in [0.29, 0.717) is 31.8 Å². The normalized spacial score (nSPS) is 19.2. The summed E-state index contributed by atoms with van der Waals surface area (Å²) in [6.45, 7) is 5.06. The van der Waals surface area contributed by atoms with E-state index in [1.807, 2.05) is 37.4 Å². The molecule has 38 heavy (non-hydrogen) atoms. The van der Waals surface area contributed by atoms with Gasteiger partial charge < -0.3 is 20.9 Å². The highest BCUT2D eigenvalue weighted by atomic mass is 16.2. The number of hydrazine groups is 1. The number of nitrogens with two attached hydrogens (primary N) is 1. The molecule has 9 nitrogen and oxygen atoms in total. The van der Waals surface area contributed by atoms with Crippen LogP contribution in [0.1, 0.15) is 63.9 Å². The fraction of sp³-hybridized carbons (Fsp3) is 0.621. The van der Waals surface area contributed by atoms with E-state index in [9.17, 15) is 14.4 Å². The van der Waals surface area contributed by atoms with E-state index in [1.165, 1.54) is 19.3 Å². The average molecular weight is 525 g/mol. The zero-order valence-corrected chi connectivity index (χ0v) is 23.0. The standard InChI is InChI=1S/C29H44N6O3/c1-3-9-26(29(38)32-25(28(30)37)19-22-20-31-24-13-8-7-12-23(22)24)35(34-16-14-33(2)15-17-34)27(36)18-21-10-5-4-6-11-21/h7-8,12-13,20-21,25-26,31H,3-6,9-11,14-19H2,1-2H3,(H2,30,37)(H,32,38). The molecule has 1 saturated heterocycles. The van der Waals surface area contributed by atoms with E-state index in [-0.39, 0.29) is 18.2 Å². The molecule has 2 aromatic rings. The fourth-order valence-corrected chi connectivity index (χ4v) is 5.92. The van der Waals surface area contributed by atoms with Crippen molar-refractivity contribution in [3.63, 3.8) is 0 Å². The molecule has 2 heterocycles. The van der Waals surface area contributed by atoms with Gasteiger partial charge in [0, 0.05) is 56.1 Å². The Hall–Kier alpha value is -2.91. The van der Waals surface area contributed by atoms with E-state index < -0.39 is 18.0 Å². The Kier molecular flexibility index (Phi) is 9.80. The molecule has 1 aromatic carbocycles. The number of aromatic amines is 1. The number of hydrogen-bond donors (Lipinski definition) is 3. The Morgan fingerprint density at radius 2 is 1.82 bits per heavy atom. The Bertz CT molecular complexity index is 1090. The predicted molar refractivity (Wildman–Crippen MR) is 149 cm³/mol. The van der Waals surface area contributed by atoms with E-state index in [0.717, 1.165) is 48.8 Å². The van der Waals surface area contributed by atoms with Gasteiger partial charge in [-0.2, -0.15) is 0 Å². The number of amides is 3. The lowest BCUT2D eigenvalue weighted by Gasteiger charge is -2.44. The number of hydrogen-bond acceptors (Lipinski definition) is 5. The van der Waals surface area contributed by atoms with Crippen LogP contribution in [0.15, 0.2) is 30.5 Å². The molecule has 9 heteroatoms. The highest BCUT2D eigenvalue weighted by Gasteiger charge is 2.37. The summed E-state index contributed by atoms with van der Waals surface area (Å²) in [5.74, 6) is -0.510. The lowest BCUT2D eigenvalue weighted by Crippen LogP contribution is -2.62. The number of nitrogens with zero attached hydrogens (tertiary/aromatic N) is 3. The zero-order chi connectivity index (χ0) is 27.1. The van der Waals surface area contributed by atoms with Crippen molar-refractivity contribution < 1.29 is 14.4 Å². The maximum absolute atomic E-state index is 13.8. The highest BCUT2D eigenvalue weighted by molar-refractivity contribution is 5.92. The summed E-state index contributed by atoms with van der Waals surface area (Å²) in [5, 5.41) is 7.73. The highest BCUT2D eigenvalue weighted by Crippen LogP contribution is 2.28. The van der Waals surface area contributed by atoms with Gasteiger partial charge >= 0.3 is 0 Å². The third kappa shape index (κ3) is 6.94.